The summed E-state index contributed by atoms with van der Waals surface area (Å²) in [5, 5.41) is 3.66. The van der Waals surface area contributed by atoms with E-state index in [1.807, 2.05) is 0 Å². The number of hydrogen-bond donors (Lipinski definition) is 1. The summed E-state index contributed by atoms with van der Waals surface area (Å²) in [4.78, 5) is 0. The van der Waals surface area contributed by atoms with Gasteiger partial charge in [-0.25, -0.2) is 0 Å². The van der Waals surface area contributed by atoms with Crippen molar-refractivity contribution in [2.75, 3.05) is 5.32 Å². The lowest BCUT2D eigenvalue weighted by molar-refractivity contribution is 0.374. The van der Waals surface area contributed by atoms with Gasteiger partial charge in [0.25, 0.3) is 0 Å². The van der Waals surface area contributed by atoms with Crippen LogP contribution in [0.25, 0.3) is 0 Å². The van der Waals surface area contributed by atoms with Crippen LogP contribution < -0.4 is 5.32 Å². The van der Waals surface area contributed by atoms with Crippen molar-refractivity contribution in [2.24, 2.45) is 0 Å². The topological polar surface area (TPSA) is 12.0 Å². The monoisotopic (exact) mass is 329 g/mol. The van der Waals surface area contributed by atoms with Crippen LogP contribution in [0.2, 0.25) is 0 Å². The van der Waals surface area contributed by atoms with Gasteiger partial charge in [-0.15, -0.1) is 0 Å². The van der Waals surface area contributed by atoms with E-state index in [0.29, 0.717) is 12.0 Å². The van der Waals surface area contributed by atoms with Crippen LogP contribution >= 0.6 is 15.9 Å². The molecule has 0 saturated heterocycles. The van der Waals surface area contributed by atoms with Gasteiger partial charge in [0.2, 0.25) is 0 Å². The van der Waals surface area contributed by atoms with E-state index in [1.54, 1.807) is 0 Å². The van der Waals surface area contributed by atoms with Crippen molar-refractivity contribution in [3.05, 3.63) is 63.6 Å². The molecule has 0 aromatic heterocycles. The molecule has 0 bridgehead atoms. The Morgan fingerprint density at radius 3 is 2.15 bits per heavy atom. The number of nitrogens with one attached hydrogen (secondary N) is 1. The first-order chi connectivity index (χ1) is 9.60. The summed E-state index contributed by atoms with van der Waals surface area (Å²) in [7, 11) is 0. The fraction of sp³-hybridized carbons (Fsp3) is 0.333. The molecular formula is C18H20BrN. The predicted molar refractivity (Wildman–Crippen MR) is 89.4 cm³/mol. The van der Waals surface area contributed by atoms with Crippen LogP contribution in [-0.2, 0) is 0 Å². The van der Waals surface area contributed by atoms with E-state index in [2.05, 4.69) is 77.6 Å². The molecule has 1 N–H and O–H groups in total. The Balaban J connectivity index is 1.59. The van der Waals surface area contributed by atoms with E-state index in [0.717, 1.165) is 4.47 Å². The van der Waals surface area contributed by atoms with Crippen molar-refractivity contribution in [3.63, 3.8) is 0 Å². The first kappa shape index (κ1) is 13.7. The lowest BCUT2D eigenvalue weighted by Crippen LogP contribution is -2.34. The molecular weight excluding hydrogens is 310 g/mol. The normalized spacial score (nSPS) is 21.4. The molecule has 0 amide bonds. The maximum Gasteiger partial charge on any atom is 0.0347 e. The van der Waals surface area contributed by atoms with Gasteiger partial charge in [0.1, 0.15) is 0 Å². The molecule has 0 heterocycles. The lowest BCUT2D eigenvalue weighted by atomic mass is 9.76. The molecule has 0 atom stereocenters. The highest BCUT2D eigenvalue weighted by Crippen LogP contribution is 2.38. The summed E-state index contributed by atoms with van der Waals surface area (Å²) >= 11 is 3.49. The van der Waals surface area contributed by atoms with Crippen LogP contribution in [-0.4, -0.2) is 6.04 Å². The van der Waals surface area contributed by atoms with Gasteiger partial charge in [-0.1, -0.05) is 34.1 Å². The van der Waals surface area contributed by atoms with Crippen molar-refractivity contribution >= 4 is 21.6 Å². The first-order valence-electron chi connectivity index (χ1n) is 7.20. The van der Waals surface area contributed by atoms with Gasteiger partial charge < -0.3 is 5.32 Å². The van der Waals surface area contributed by atoms with Crippen LogP contribution in [0.3, 0.4) is 0 Å². The van der Waals surface area contributed by atoms with Crippen LogP contribution in [0.4, 0.5) is 5.69 Å². The minimum atomic E-state index is 0.616. The zero-order chi connectivity index (χ0) is 14.1. The highest BCUT2D eigenvalue weighted by molar-refractivity contribution is 9.10. The maximum absolute atomic E-state index is 3.66. The molecule has 104 valence electrons. The molecule has 0 unspecified atom stereocenters. The van der Waals surface area contributed by atoms with Crippen molar-refractivity contribution in [3.8, 4) is 0 Å². The number of halogens is 1. The van der Waals surface area contributed by atoms with Crippen molar-refractivity contribution in [1.82, 2.24) is 0 Å². The molecule has 0 aliphatic heterocycles. The summed E-state index contributed by atoms with van der Waals surface area (Å²) in [5.41, 5.74) is 5.39. The van der Waals surface area contributed by atoms with Crippen LogP contribution in [0.5, 0.6) is 0 Å². The fourth-order valence-electron chi connectivity index (χ4n) is 3.04. The zero-order valence-electron chi connectivity index (χ0n) is 12.0. The summed E-state index contributed by atoms with van der Waals surface area (Å²) in [6, 6.07) is 16.1. The Kier molecular flexibility index (Phi) is 3.84. The molecule has 1 fully saturated rings. The molecule has 1 aliphatic rings. The zero-order valence-corrected chi connectivity index (χ0v) is 13.6. The summed E-state index contributed by atoms with van der Waals surface area (Å²) < 4.78 is 1.16. The summed E-state index contributed by atoms with van der Waals surface area (Å²) in [6.45, 7) is 4.31. The van der Waals surface area contributed by atoms with Gasteiger partial charge in [0.05, 0.1) is 0 Å². The molecule has 20 heavy (non-hydrogen) atoms. The third-order valence-corrected chi connectivity index (χ3v) is 4.60. The second-order valence-electron chi connectivity index (χ2n) is 5.94. The number of anilines is 1. The number of rotatable bonds is 3. The molecule has 1 saturated carbocycles. The molecule has 2 aromatic carbocycles. The summed E-state index contributed by atoms with van der Waals surface area (Å²) in [6.07, 6.45) is 2.46. The van der Waals surface area contributed by atoms with E-state index in [1.165, 1.54) is 35.2 Å². The van der Waals surface area contributed by atoms with Crippen molar-refractivity contribution in [1.29, 1.82) is 0 Å². The van der Waals surface area contributed by atoms with Gasteiger partial charge in [0.15, 0.2) is 0 Å². The van der Waals surface area contributed by atoms with Crippen LogP contribution in [0.1, 0.15) is 35.4 Å². The molecule has 0 radical (unpaired) electrons. The number of benzene rings is 2. The van der Waals surface area contributed by atoms with Crippen LogP contribution in [0.15, 0.2) is 46.9 Å². The second kappa shape index (κ2) is 5.61. The number of hydrogen-bond acceptors (Lipinski definition) is 1. The van der Waals surface area contributed by atoms with Gasteiger partial charge in [-0.05, 0) is 73.6 Å². The predicted octanol–water partition coefficient (Wildman–Crippen LogP) is 5.42. The fourth-order valence-corrected chi connectivity index (χ4v) is 3.30. The average Bonchev–Trinajstić information content (AvgIpc) is 2.33. The van der Waals surface area contributed by atoms with E-state index in [4.69, 9.17) is 0 Å². The average molecular weight is 330 g/mol. The lowest BCUT2D eigenvalue weighted by Gasteiger charge is -2.37. The Morgan fingerprint density at radius 1 is 0.950 bits per heavy atom. The minimum absolute atomic E-state index is 0.616. The van der Waals surface area contributed by atoms with Gasteiger partial charge >= 0.3 is 0 Å². The van der Waals surface area contributed by atoms with E-state index >= 15 is 0 Å². The van der Waals surface area contributed by atoms with E-state index < -0.39 is 0 Å². The van der Waals surface area contributed by atoms with E-state index in [9.17, 15) is 0 Å². The standard InChI is InChI=1S/C18H20BrN/c1-12-7-13(2)9-17(8-12)20-18-10-15(11-18)14-3-5-16(19)6-4-14/h3-9,15,18,20H,10-11H2,1-2H3. The molecule has 2 aromatic rings. The quantitative estimate of drug-likeness (QED) is 0.792. The minimum Gasteiger partial charge on any atom is -0.382 e. The Labute approximate surface area is 129 Å². The molecule has 0 spiro atoms. The van der Waals surface area contributed by atoms with E-state index in [-0.39, 0.29) is 0 Å². The first-order valence-corrected chi connectivity index (χ1v) is 8.00. The highest BCUT2D eigenvalue weighted by Gasteiger charge is 2.30. The second-order valence-corrected chi connectivity index (χ2v) is 6.85. The van der Waals surface area contributed by atoms with Crippen LogP contribution in [0, 0.1) is 13.8 Å². The van der Waals surface area contributed by atoms with Gasteiger partial charge in [0, 0.05) is 16.2 Å². The SMILES string of the molecule is Cc1cc(C)cc(NC2CC(c3ccc(Br)cc3)C2)c1. The Morgan fingerprint density at radius 2 is 1.55 bits per heavy atom. The third-order valence-electron chi connectivity index (χ3n) is 4.07. The smallest absolute Gasteiger partial charge is 0.0347 e. The summed E-state index contributed by atoms with van der Waals surface area (Å²) in [5.74, 6) is 0.714. The number of aryl methyl sites for hydroxylation is 2. The molecule has 1 aliphatic carbocycles. The molecule has 3 rings (SSSR count). The third kappa shape index (κ3) is 3.06. The van der Waals surface area contributed by atoms with Crippen molar-refractivity contribution in [2.45, 2.75) is 38.6 Å². The molecule has 1 nitrogen and oxygen atoms in total. The molecule has 2 heteroatoms. The largest absolute Gasteiger partial charge is 0.382 e. The van der Waals surface area contributed by atoms with Gasteiger partial charge in [-0.2, -0.15) is 0 Å². The van der Waals surface area contributed by atoms with Crippen molar-refractivity contribution < 1.29 is 0 Å². The highest BCUT2D eigenvalue weighted by atomic mass is 79.9. The maximum atomic E-state index is 3.66. The van der Waals surface area contributed by atoms with Gasteiger partial charge in [-0.3, -0.25) is 0 Å². The Hall–Kier alpha value is -1.28. The Bertz CT molecular complexity index is 577.